The highest BCUT2D eigenvalue weighted by atomic mass is 32.2. The fourth-order valence-electron chi connectivity index (χ4n) is 1.02. The minimum Gasteiger partial charge on any atom is -0.393 e. The van der Waals surface area contributed by atoms with Crippen LogP contribution in [0.15, 0.2) is 22.8 Å². The van der Waals surface area contributed by atoms with Gasteiger partial charge in [0.1, 0.15) is 16.2 Å². The SMILES string of the molecule is NC(=S)CSc1ncnc2sccc12. The van der Waals surface area contributed by atoms with Crippen LogP contribution in [-0.4, -0.2) is 20.7 Å². The quantitative estimate of drug-likeness (QED) is 0.506. The molecule has 0 aromatic carbocycles. The van der Waals surface area contributed by atoms with Gasteiger partial charge in [0.25, 0.3) is 0 Å². The molecule has 0 aliphatic carbocycles. The average Bonchev–Trinajstić information content (AvgIpc) is 2.62. The molecule has 2 aromatic heterocycles. The summed E-state index contributed by atoms with van der Waals surface area (Å²) in [6.07, 6.45) is 1.57. The smallest absolute Gasteiger partial charge is 0.127 e. The molecule has 0 radical (unpaired) electrons. The van der Waals surface area contributed by atoms with Crippen LogP contribution in [0.2, 0.25) is 0 Å². The van der Waals surface area contributed by atoms with Gasteiger partial charge in [0.15, 0.2) is 0 Å². The van der Waals surface area contributed by atoms with E-state index in [0.717, 1.165) is 15.2 Å². The Morgan fingerprint density at radius 1 is 1.57 bits per heavy atom. The van der Waals surface area contributed by atoms with Crippen LogP contribution in [0, 0.1) is 0 Å². The molecule has 14 heavy (non-hydrogen) atoms. The normalized spacial score (nSPS) is 10.6. The first-order chi connectivity index (χ1) is 6.77. The van der Waals surface area contributed by atoms with Crippen LogP contribution in [0.3, 0.4) is 0 Å². The molecular weight excluding hydrogens is 234 g/mol. The van der Waals surface area contributed by atoms with Gasteiger partial charge in [0.05, 0.1) is 4.99 Å². The predicted molar refractivity (Wildman–Crippen MR) is 64.9 cm³/mol. The molecule has 0 saturated heterocycles. The Balaban J connectivity index is 2.32. The molecule has 0 amide bonds. The van der Waals surface area contributed by atoms with Crippen molar-refractivity contribution in [1.82, 2.24) is 9.97 Å². The third kappa shape index (κ3) is 2.02. The van der Waals surface area contributed by atoms with E-state index in [1.807, 2.05) is 11.4 Å². The molecule has 2 rings (SSSR count). The predicted octanol–water partition coefficient (Wildman–Crippen LogP) is 2.07. The van der Waals surface area contributed by atoms with Gasteiger partial charge in [-0.2, -0.15) is 0 Å². The molecule has 0 unspecified atom stereocenters. The molecule has 0 aliphatic heterocycles. The van der Waals surface area contributed by atoms with Gasteiger partial charge in [-0.15, -0.1) is 11.3 Å². The molecule has 0 fully saturated rings. The van der Waals surface area contributed by atoms with Gasteiger partial charge in [0.2, 0.25) is 0 Å². The highest BCUT2D eigenvalue weighted by Gasteiger charge is 2.05. The van der Waals surface area contributed by atoms with Crippen molar-refractivity contribution in [2.75, 3.05) is 5.75 Å². The Morgan fingerprint density at radius 3 is 3.21 bits per heavy atom. The summed E-state index contributed by atoms with van der Waals surface area (Å²) in [5.41, 5.74) is 5.43. The second kappa shape index (κ2) is 4.20. The van der Waals surface area contributed by atoms with Crippen molar-refractivity contribution in [2.24, 2.45) is 5.73 Å². The molecule has 0 aliphatic rings. The number of thiocarbonyl (C=S) groups is 1. The summed E-state index contributed by atoms with van der Waals surface area (Å²) in [5, 5.41) is 4.03. The van der Waals surface area contributed by atoms with E-state index in [1.54, 1.807) is 29.4 Å². The van der Waals surface area contributed by atoms with Gasteiger partial charge in [-0.25, -0.2) is 9.97 Å². The minimum absolute atomic E-state index is 0.497. The van der Waals surface area contributed by atoms with Crippen LogP contribution >= 0.6 is 35.3 Å². The van der Waals surface area contributed by atoms with Crippen molar-refractivity contribution in [2.45, 2.75) is 5.03 Å². The lowest BCUT2D eigenvalue weighted by Crippen LogP contribution is -2.10. The maximum absolute atomic E-state index is 5.43. The summed E-state index contributed by atoms with van der Waals surface area (Å²) in [6.45, 7) is 0. The molecule has 0 bridgehead atoms. The van der Waals surface area contributed by atoms with E-state index in [1.165, 1.54) is 0 Å². The molecule has 2 aromatic rings. The van der Waals surface area contributed by atoms with E-state index in [9.17, 15) is 0 Å². The fourth-order valence-corrected chi connectivity index (χ4v) is 2.72. The van der Waals surface area contributed by atoms with Crippen LogP contribution in [0.25, 0.3) is 10.2 Å². The van der Waals surface area contributed by atoms with E-state index in [2.05, 4.69) is 9.97 Å². The number of rotatable bonds is 3. The van der Waals surface area contributed by atoms with Crippen LogP contribution in [0.1, 0.15) is 0 Å². The Kier molecular flexibility index (Phi) is 2.95. The first-order valence-electron chi connectivity index (χ1n) is 3.86. The fraction of sp³-hybridized carbons (Fsp3) is 0.125. The Bertz CT molecular complexity index is 466. The Labute approximate surface area is 94.7 Å². The van der Waals surface area contributed by atoms with Crippen molar-refractivity contribution in [3.63, 3.8) is 0 Å². The van der Waals surface area contributed by atoms with Crippen molar-refractivity contribution in [1.29, 1.82) is 0 Å². The number of nitrogens with zero attached hydrogens (tertiary/aromatic N) is 2. The highest BCUT2D eigenvalue weighted by Crippen LogP contribution is 2.27. The number of aromatic nitrogens is 2. The van der Waals surface area contributed by atoms with E-state index >= 15 is 0 Å². The van der Waals surface area contributed by atoms with Crippen LogP contribution in [-0.2, 0) is 0 Å². The first-order valence-corrected chi connectivity index (χ1v) is 6.14. The molecule has 6 heteroatoms. The third-order valence-corrected chi connectivity index (χ3v) is 3.78. The van der Waals surface area contributed by atoms with Gasteiger partial charge in [-0.1, -0.05) is 24.0 Å². The number of hydrogen-bond acceptors (Lipinski definition) is 5. The molecular formula is C8H7N3S3. The number of hydrogen-bond donors (Lipinski definition) is 1. The summed E-state index contributed by atoms with van der Waals surface area (Å²) in [4.78, 5) is 9.86. The standard InChI is InChI=1S/C8H7N3S3/c9-6(12)3-14-8-5-1-2-13-7(5)10-4-11-8/h1-2,4H,3H2,(H2,9,12). The third-order valence-electron chi connectivity index (χ3n) is 1.58. The summed E-state index contributed by atoms with van der Waals surface area (Å²) >= 11 is 7.97. The number of fused-ring (bicyclic) bond motifs is 1. The average molecular weight is 241 g/mol. The van der Waals surface area contributed by atoms with Crippen molar-refractivity contribution < 1.29 is 0 Å². The maximum Gasteiger partial charge on any atom is 0.127 e. The first kappa shape index (κ1) is 9.82. The lowest BCUT2D eigenvalue weighted by Gasteiger charge is -1.99. The van der Waals surface area contributed by atoms with Crippen LogP contribution in [0.5, 0.6) is 0 Å². The molecule has 3 nitrogen and oxygen atoms in total. The van der Waals surface area contributed by atoms with Gasteiger partial charge in [0, 0.05) is 11.1 Å². The van der Waals surface area contributed by atoms with Crippen molar-refractivity contribution >= 4 is 50.5 Å². The molecule has 0 spiro atoms. The summed E-state index contributed by atoms with van der Waals surface area (Å²) in [7, 11) is 0. The maximum atomic E-state index is 5.43. The lowest BCUT2D eigenvalue weighted by atomic mass is 10.4. The van der Waals surface area contributed by atoms with Gasteiger partial charge >= 0.3 is 0 Å². The van der Waals surface area contributed by atoms with Crippen LogP contribution in [0.4, 0.5) is 0 Å². The van der Waals surface area contributed by atoms with Crippen molar-refractivity contribution in [3.8, 4) is 0 Å². The Morgan fingerprint density at radius 2 is 2.43 bits per heavy atom. The second-order valence-corrected chi connectivity index (χ2v) is 4.96. The number of thioether (sulfide) groups is 1. The molecule has 72 valence electrons. The van der Waals surface area contributed by atoms with Crippen LogP contribution < -0.4 is 5.73 Å². The largest absolute Gasteiger partial charge is 0.393 e. The Hall–Kier alpha value is -0.720. The zero-order chi connectivity index (χ0) is 9.97. The van der Waals surface area contributed by atoms with E-state index in [4.69, 9.17) is 18.0 Å². The highest BCUT2D eigenvalue weighted by molar-refractivity contribution is 8.01. The zero-order valence-corrected chi connectivity index (χ0v) is 9.59. The second-order valence-electron chi connectivity index (χ2n) is 2.57. The summed E-state index contributed by atoms with van der Waals surface area (Å²) in [6, 6.07) is 2.02. The van der Waals surface area contributed by atoms with Gasteiger partial charge in [-0.05, 0) is 11.4 Å². The summed E-state index contributed by atoms with van der Waals surface area (Å²) < 4.78 is 0. The zero-order valence-electron chi connectivity index (χ0n) is 7.14. The van der Waals surface area contributed by atoms with Crippen molar-refractivity contribution in [3.05, 3.63) is 17.8 Å². The van der Waals surface area contributed by atoms with E-state index < -0.39 is 0 Å². The molecule has 0 saturated carbocycles. The summed E-state index contributed by atoms with van der Waals surface area (Å²) in [5.74, 6) is 0.622. The lowest BCUT2D eigenvalue weighted by molar-refractivity contribution is 1.11. The van der Waals surface area contributed by atoms with E-state index in [-0.39, 0.29) is 0 Å². The topological polar surface area (TPSA) is 51.8 Å². The van der Waals surface area contributed by atoms with E-state index in [0.29, 0.717) is 10.7 Å². The van der Waals surface area contributed by atoms with Gasteiger partial charge < -0.3 is 5.73 Å². The molecule has 0 atom stereocenters. The number of thiophene rings is 1. The van der Waals surface area contributed by atoms with Gasteiger partial charge in [-0.3, -0.25) is 0 Å². The molecule has 2 heterocycles. The number of nitrogens with two attached hydrogens (primary N) is 1. The minimum atomic E-state index is 0.497. The monoisotopic (exact) mass is 241 g/mol. The molecule has 2 N–H and O–H groups in total.